The summed E-state index contributed by atoms with van der Waals surface area (Å²) in [6.07, 6.45) is -3.49. The van der Waals surface area contributed by atoms with E-state index in [0.29, 0.717) is 25.9 Å². The number of benzene rings is 3. The summed E-state index contributed by atoms with van der Waals surface area (Å²) in [6.45, 7) is 5.38. The molecular weight excluding hydrogens is 708 g/mol. The van der Waals surface area contributed by atoms with Gasteiger partial charge < -0.3 is 29.7 Å². The van der Waals surface area contributed by atoms with Gasteiger partial charge in [-0.25, -0.2) is 17.6 Å². The van der Waals surface area contributed by atoms with Crippen LogP contribution in [0, 0.1) is 11.7 Å². The summed E-state index contributed by atoms with van der Waals surface area (Å²) < 4.78 is 93.5. The van der Waals surface area contributed by atoms with Crippen LogP contribution in [0.4, 0.5) is 33.7 Å². The van der Waals surface area contributed by atoms with E-state index in [2.05, 4.69) is 10.0 Å². The molecule has 1 aliphatic heterocycles. The molecule has 0 radical (unpaired) electrons. The maximum Gasteiger partial charge on any atom is 0.416 e. The zero-order valence-corrected chi connectivity index (χ0v) is 30.1. The van der Waals surface area contributed by atoms with Crippen LogP contribution >= 0.6 is 0 Å². The summed E-state index contributed by atoms with van der Waals surface area (Å²) in [6, 6.07) is 11.4. The molecule has 3 aromatic carbocycles. The quantitative estimate of drug-likeness (QED) is 0.221. The van der Waals surface area contributed by atoms with Crippen LogP contribution < -0.4 is 14.8 Å². The highest BCUT2D eigenvalue weighted by Crippen LogP contribution is 2.31. The first-order chi connectivity index (χ1) is 24.5. The molecule has 0 aliphatic carbocycles. The number of aliphatic hydroxyl groups is 1. The molecule has 4 atom stereocenters. The van der Waals surface area contributed by atoms with Gasteiger partial charge in [-0.2, -0.15) is 13.2 Å². The fraction of sp³-hybridized carbons (Fsp3) is 0.444. The molecule has 16 heteroatoms. The molecule has 0 aromatic heterocycles. The Morgan fingerprint density at radius 2 is 1.69 bits per heavy atom. The van der Waals surface area contributed by atoms with Gasteiger partial charge in [0.15, 0.2) is 0 Å². The number of halogens is 4. The van der Waals surface area contributed by atoms with E-state index >= 15 is 0 Å². The predicted molar refractivity (Wildman–Crippen MR) is 187 cm³/mol. The molecule has 0 spiro atoms. The second-order valence-corrected chi connectivity index (χ2v) is 14.6. The van der Waals surface area contributed by atoms with Gasteiger partial charge >= 0.3 is 12.2 Å². The number of fused-ring (bicyclic) bond motifs is 1. The molecule has 1 heterocycles. The lowest BCUT2D eigenvalue weighted by Crippen LogP contribution is -2.48. The Morgan fingerprint density at radius 3 is 2.33 bits per heavy atom. The molecule has 0 fully saturated rings. The van der Waals surface area contributed by atoms with Gasteiger partial charge in [-0.3, -0.25) is 9.52 Å². The monoisotopic (exact) mass is 752 g/mol. The number of anilines is 2. The number of hydrogen-bond donors (Lipinski definition) is 3. The van der Waals surface area contributed by atoms with Gasteiger partial charge in [0.1, 0.15) is 11.6 Å². The van der Waals surface area contributed by atoms with E-state index in [0.717, 1.165) is 48.5 Å². The number of likely N-dealkylation sites (N-methyl/N-ethyl adjacent to an activating group) is 1. The number of carbonyl (C=O) groups is 2. The van der Waals surface area contributed by atoms with Crippen molar-refractivity contribution in [3.63, 3.8) is 0 Å². The third kappa shape index (κ3) is 10.8. The van der Waals surface area contributed by atoms with Crippen molar-refractivity contribution < 1.29 is 50.1 Å². The summed E-state index contributed by atoms with van der Waals surface area (Å²) in [7, 11) is -2.63. The lowest BCUT2D eigenvalue weighted by atomic mass is 10.0. The summed E-state index contributed by atoms with van der Waals surface area (Å²) in [4.78, 5) is 30.0. The molecule has 4 rings (SSSR count). The van der Waals surface area contributed by atoms with Crippen LogP contribution in [0.2, 0.25) is 0 Å². The van der Waals surface area contributed by atoms with Gasteiger partial charge in [-0.05, 0) is 99.8 Å². The Hall–Kier alpha value is -4.41. The molecule has 284 valence electrons. The van der Waals surface area contributed by atoms with E-state index in [1.54, 1.807) is 6.92 Å². The minimum atomic E-state index is -4.51. The minimum Gasteiger partial charge on any atom is -0.490 e. The van der Waals surface area contributed by atoms with Crippen molar-refractivity contribution in [3.8, 4) is 5.75 Å². The van der Waals surface area contributed by atoms with Crippen molar-refractivity contribution in [2.75, 3.05) is 43.4 Å². The highest BCUT2D eigenvalue weighted by atomic mass is 32.2. The third-order valence-electron chi connectivity index (χ3n) is 8.69. The number of ether oxygens (including phenoxy) is 2. The largest absolute Gasteiger partial charge is 0.490 e. The van der Waals surface area contributed by atoms with Gasteiger partial charge in [0.2, 0.25) is 0 Å². The number of amides is 3. The zero-order chi connectivity index (χ0) is 38.2. The molecule has 3 N–H and O–H groups in total. The average Bonchev–Trinajstić information content (AvgIpc) is 3.09. The molecular formula is C36H44F4N4O7S. The van der Waals surface area contributed by atoms with E-state index in [1.165, 1.54) is 35.0 Å². The van der Waals surface area contributed by atoms with Crippen molar-refractivity contribution in [1.29, 1.82) is 0 Å². The van der Waals surface area contributed by atoms with Crippen LogP contribution in [0.15, 0.2) is 71.6 Å². The minimum absolute atomic E-state index is 0.0428. The molecule has 52 heavy (non-hydrogen) atoms. The smallest absolute Gasteiger partial charge is 0.416 e. The lowest BCUT2D eigenvalue weighted by Gasteiger charge is -2.35. The summed E-state index contributed by atoms with van der Waals surface area (Å²) in [5, 5.41) is 12.8. The lowest BCUT2D eigenvalue weighted by molar-refractivity contribution is -0.137. The number of sulfonamides is 1. The number of rotatable bonds is 8. The Bertz CT molecular complexity index is 1780. The molecule has 3 amide bonds. The number of urea groups is 1. The summed E-state index contributed by atoms with van der Waals surface area (Å²) in [5.74, 6) is -1.35. The Labute approximate surface area is 300 Å². The van der Waals surface area contributed by atoms with E-state index in [1.807, 2.05) is 13.8 Å². The van der Waals surface area contributed by atoms with Crippen molar-refractivity contribution in [1.82, 2.24) is 9.80 Å². The number of nitrogens with zero attached hydrogens (tertiary/aromatic N) is 2. The number of hydrogen-bond acceptors (Lipinski definition) is 7. The topological polar surface area (TPSA) is 138 Å². The maximum atomic E-state index is 14.3. The standard InChI is InChI=1S/C36H44F4N4O7S/c1-23-20-44(24(2)22-45)34(46)31-19-29(42-52(48,49)30-15-10-27(37)11-16-30)14-17-32(31)51-25(3)7-5-6-18-50-33(23)21-43(4)35(47)41-28-12-8-26(9-13-28)36(38,39)40/h8-17,19,23-25,33,42,45H,5-7,18,20-22H2,1-4H3,(H,41,47)/t23-,24+,25+,33+/m0/s1. The van der Waals surface area contributed by atoms with Gasteiger partial charge in [-0.15, -0.1) is 0 Å². The Balaban J connectivity index is 1.59. The molecule has 0 saturated carbocycles. The van der Waals surface area contributed by atoms with Crippen molar-refractivity contribution in [2.24, 2.45) is 5.92 Å². The SMILES string of the molecule is C[C@@H]1CCCCO[C@H](CN(C)C(=O)Nc2ccc(C(F)(F)F)cc2)[C@@H](C)CN([C@H](C)CO)C(=O)c2cc(NS(=O)(=O)c3ccc(F)cc3)ccc2O1. The second-order valence-electron chi connectivity index (χ2n) is 13.0. The molecule has 11 nitrogen and oxygen atoms in total. The van der Waals surface area contributed by atoms with Gasteiger partial charge in [0.05, 0.1) is 40.9 Å². The highest BCUT2D eigenvalue weighted by molar-refractivity contribution is 7.92. The Morgan fingerprint density at radius 1 is 1.04 bits per heavy atom. The average molecular weight is 753 g/mol. The molecule has 0 unspecified atom stereocenters. The van der Waals surface area contributed by atoms with Crippen LogP contribution in [0.1, 0.15) is 56.0 Å². The van der Waals surface area contributed by atoms with E-state index in [4.69, 9.17) is 9.47 Å². The summed E-state index contributed by atoms with van der Waals surface area (Å²) >= 11 is 0. The maximum absolute atomic E-state index is 14.3. The predicted octanol–water partition coefficient (Wildman–Crippen LogP) is 6.60. The number of aliphatic hydroxyl groups excluding tert-OH is 1. The fourth-order valence-corrected chi connectivity index (χ4v) is 6.64. The molecule has 3 aromatic rings. The second kappa shape index (κ2) is 17.4. The van der Waals surface area contributed by atoms with Crippen LogP contribution in [0.3, 0.4) is 0 Å². The van der Waals surface area contributed by atoms with Gasteiger partial charge in [-0.1, -0.05) is 6.92 Å². The van der Waals surface area contributed by atoms with Crippen molar-refractivity contribution >= 4 is 33.3 Å². The van der Waals surface area contributed by atoms with E-state index < -0.39 is 64.2 Å². The van der Waals surface area contributed by atoms with Gasteiger partial charge in [0, 0.05) is 44.0 Å². The van der Waals surface area contributed by atoms with E-state index in [9.17, 15) is 40.7 Å². The van der Waals surface area contributed by atoms with Crippen LogP contribution in [-0.2, 0) is 20.9 Å². The molecule has 0 saturated heterocycles. The fourth-order valence-electron chi connectivity index (χ4n) is 5.59. The molecule has 0 bridgehead atoms. The molecule has 1 aliphatic rings. The van der Waals surface area contributed by atoms with Crippen LogP contribution in [-0.4, -0.2) is 86.9 Å². The highest BCUT2D eigenvalue weighted by Gasteiger charge is 2.32. The van der Waals surface area contributed by atoms with Gasteiger partial charge in [0.25, 0.3) is 15.9 Å². The van der Waals surface area contributed by atoms with Crippen molar-refractivity contribution in [3.05, 3.63) is 83.7 Å². The Kier molecular flexibility index (Phi) is 13.5. The van der Waals surface area contributed by atoms with Crippen LogP contribution in [0.5, 0.6) is 5.75 Å². The zero-order valence-electron chi connectivity index (χ0n) is 29.3. The third-order valence-corrected chi connectivity index (χ3v) is 10.1. The summed E-state index contributed by atoms with van der Waals surface area (Å²) in [5.41, 5.74) is -0.572. The number of carbonyl (C=O) groups excluding carboxylic acids is 2. The van der Waals surface area contributed by atoms with Crippen LogP contribution in [0.25, 0.3) is 0 Å². The first kappa shape index (κ1) is 40.4. The first-order valence-electron chi connectivity index (χ1n) is 16.8. The van der Waals surface area contributed by atoms with E-state index in [-0.39, 0.29) is 46.8 Å². The number of alkyl halides is 3. The first-order valence-corrected chi connectivity index (χ1v) is 18.3. The normalized spacial score (nSPS) is 19.8. The van der Waals surface area contributed by atoms with Crippen molar-refractivity contribution in [2.45, 2.75) is 69.4 Å². The number of nitrogens with one attached hydrogen (secondary N) is 2.